The summed E-state index contributed by atoms with van der Waals surface area (Å²) in [5, 5.41) is 9.78. The maximum absolute atomic E-state index is 12.9. The lowest BCUT2D eigenvalue weighted by atomic mass is 10.2. The average Bonchev–Trinajstić information content (AvgIpc) is 3.00. The minimum atomic E-state index is -5.18. The van der Waals surface area contributed by atoms with E-state index in [4.69, 9.17) is 4.74 Å². The summed E-state index contributed by atoms with van der Waals surface area (Å²) in [4.78, 5) is 32.3. The Morgan fingerprint density at radius 3 is 2.57 bits per heavy atom. The largest absolute Gasteiger partial charge is 0.504 e. The number of fused-ring (bicyclic) bond motifs is 1. The number of hydrogen-bond acceptors (Lipinski definition) is 8. The van der Waals surface area contributed by atoms with E-state index in [-0.39, 0.29) is 23.8 Å². The molecule has 7 nitrogen and oxygen atoms in total. The molecule has 0 bridgehead atoms. The number of aromatic nitrogens is 1. The molecule has 2 aromatic rings. The molecule has 0 spiro atoms. The second kappa shape index (κ2) is 8.83. The lowest BCUT2D eigenvalue weighted by Gasteiger charge is -2.09. The third-order valence-corrected chi connectivity index (χ3v) is 4.33. The van der Waals surface area contributed by atoms with Crippen molar-refractivity contribution in [1.29, 1.82) is 0 Å². The smallest absolute Gasteiger partial charge is 0.449 e. The Morgan fingerprint density at radius 2 is 1.96 bits per heavy atom. The Morgan fingerprint density at radius 1 is 1.29 bits per heavy atom. The molecule has 0 fully saturated rings. The number of pyridine rings is 1. The Kier molecular flexibility index (Phi) is 6.73. The predicted molar refractivity (Wildman–Crippen MR) is 96.1 cm³/mol. The fraction of sp³-hybridized carbons (Fsp3) is 0.294. The van der Waals surface area contributed by atoms with Crippen molar-refractivity contribution < 1.29 is 37.3 Å². The van der Waals surface area contributed by atoms with Gasteiger partial charge in [-0.05, 0) is 26.0 Å². The molecule has 2 heterocycles. The van der Waals surface area contributed by atoms with Crippen molar-refractivity contribution in [3.63, 3.8) is 0 Å². The molecular formula is C17H15F3N2O5S. The highest BCUT2D eigenvalue weighted by atomic mass is 32.1. The molecule has 0 aliphatic heterocycles. The van der Waals surface area contributed by atoms with Crippen LogP contribution in [-0.2, 0) is 14.3 Å². The highest BCUT2D eigenvalue weighted by molar-refractivity contribution is 7.21. The van der Waals surface area contributed by atoms with Crippen molar-refractivity contribution in [2.75, 3.05) is 13.2 Å². The van der Waals surface area contributed by atoms with Crippen LogP contribution in [0, 0.1) is 0 Å². The number of aliphatic hydroxyl groups excluding tert-OH is 1. The number of rotatable bonds is 6. The zero-order valence-electron chi connectivity index (χ0n) is 14.7. The number of hydrogen-bond donors (Lipinski definition) is 1. The Hall–Kier alpha value is -2.95. The summed E-state index contributed by atoms with van der Waals surface area (Å²) in [5.74, 6) is -4.29. The Labute approximate surface area is 161 Å². The first-order valence-electron chi connectivity index (χ1n) is 7.96. The van der Waals surface area contributed by atoms with Gasteiger partial charge in [0, 0.05) is 17.8 Å². The van der Waals surface area contributed by atoms with Crippen LogP contribution >= 0.6 is 11.3 Å². The summed E-state index contributed by atoms with van der Waals surface area (Å²) in [6.45, 7) is 2.86. The molecule has 1 N–H and O–H groups in total. The number of ether oxygens (including phenoxy) is 2. The van der Waals surface area contributed by atoms with Gasteiger partial charge >= 0.3 is 18.1 Å². The standard InChI is InChI=1S/C17H15F3N2O5S/c1-3-26-15(24)10(13(23)17(18,19)20)8-22-11-9-6-5-7-21-14(9)28-12(11)16(25)27-4-2/h5-8,23H,3-4H2,1-2H3/b13-10+,22-8?. The topological polar surface area (TPSA) is 98.1 Å². The lowest BCUT2D eigenvalue weighted by Crippen LogP contribution is -2.20. The molecule has 150 valence electrons. The average molecular weight is 416 g/mol. The molecule has 28 heavy (non-hydrogen) atoms. The van der Waals surface area contributed by atoms with Crippen molar-refractivity contribution in [3.8, 4) is 0 Å². The summed E-state index contributed by atoms with van der Waals surface area (Å²) in [6.07, 6.45) is -3.20. The van der Waals surface area contributed by atoms with E-state index in [2.05, 4.69) is 14.7 Å². The Bertz CT molecular complexity index is 950. The molecule has 0 aliphatic rings. The molecule has 0 radical (unpaired) electrons. The van der Waals surface area contributed by atoms with E-state index in [0.29, 0.717) is 16.4 Å². The number of carbonyl (C=O) groups is 2. The van der Waals surface area contributed by atoms with Gasteiger partial charge < -0.3 is 14.6 Å². The zero-order valence-corrected chi connectivity index (χ0v) is 15.6. The van der Waals surface area contributed by atoms with Crippen LogP contribution < -0.4 is 0 Å². The highest BCUT2D eigenvalue weighted by Gasteiger charge is 2.38. The maximum atomic E-state index is 12.9. The fourth-order valence-electron chi connectivity index (χ4n) is 2.08. The first-order valence-corrected chi connectivity index (χ1v) is 8.78. The third-order valence-electron chi connectivity index (χ3n) is 3.24. The van der Waals surface area contributed by atoms with Crippen LogP contribution in [0.1, 0.15) is 23.5 Å². The normalized spacial score (nSPS) is 12.9. The van der Waals surface area contributed by atoms with Crippen molar-refractivity contribution in [1.82, 2.24) is 4.98 Å². The molecule has 2 aromatic heterocycles. The van der Waals surface area contributed by atoms with E-state index in [0.717, 1.165) is 11.3 Å². The maximum Gasteiger partial charge on any atom is 0.449 e. The number of aliphatic hydroxyl groups is 1. The van der Waals surface area contributed by atoms with Gasteiger partial charge in [-0.2, -0.15) is 13.2 Å². The second-order valence-corrected chi connectivity index (χ2v) is 6.09. The van der Waals surface area contributed by atoms with Gasteiger partial charge in [0.2, 0.25) is 5.76 Å². The SMILES string of the molecule is CCOC(=O)/C(C=Nc1c(C(=O)OCC)sc2ncccc12)=C(/O)C(F)(F)F. The Balaban J connectivity index is 2.61. The summed E-state index contributed by atoms with van der Waals surface area (Å²) >= 11 is 0.940. The number of thiophene rings is 1. The summed E-state index contributed by atoms with van der Waals surface area (Å²) in [6, 6.07) is 3.11. The monoisotopic (exact) mass is 416 g/mol. The summed E-state index contributed by atoms with van der Waals surface area (Å²) in [7, 11) is 0. The fourth-order valence-corrected chi connectivity index (χ4v) is 3.07. The van der Waals surface area contributed by atoms with Crippen molar-refractivity contribution in [2.24, 2.45) is 4.99 Å². The van der Waals surface area contributed by atoms with E-state index in [9.17, 15) is 27.9 Å². The number of nitrogens with zero attached hydrogens (tertiary/aromatic N) is 2. The van der Waals surface area contributed by atoms with Crippen LogP contribution in [0.3, 0.4) is 0 Å². The molecule has 2 rings (SSSR count). The first kappa shape index (κ1) is 21.4. The van der Waals surface area contributed by atoms with E-state index in [1.54, 1.807) is 19.1 Å². The molecule has 0 saturated carbocycles. The molecule has 0 atom stereocenters. The van der Waals surface area contributed by atoms with Gasteiger partial charge in [0.15, 0.2) is 0 Å². The van der Waals surface area contributed by atoms with Gasteiger partial charge in [-0.3, -0.25) is 4.99 Å². The van der Waals surface area contributed by atoms with Gasteiger partial charge in [0.05, 0.1) is 18.9 Å². The molecule has 11 heteroatoms. The number of halogens is 3. The van der Waals surface area contributed by atoms with Crippen LogP contribution in [0.25, 0.3) is 10.2 Å². The summed E-state index contributed by atoms with van der Waals surface area (Å²) < 4.78 is 48.1. The number of allylic oxidation sites excluding steroid dienone is 1. The summed E-state index contributed by atoms with van der Waals surface area (Å²) in [5.41, 5.74) is -1.21. The van der Waals surface area contributed by atoms with Gasteiger partial charge in [0.1, 0.15) is 15.3 Å². The first-order chi connectivity index (χ1) is 13.2. The van der Waals surface area contributed by atoms with Crippen molar-refractivity contribution >= 4 is 45.4 Å². The highest BCUT2D eigenvalue weighted by Crippen LogP contribution is 2.37. The van der Waals surface area contributed by atoms with E-state index >= 15 is 0 Å². The van der Waals surface area contributed by atoms with E-state index in [1.165, 1.54) is 13.1 Å². The van der Waals surface area contributed by atoms with Crippen LogP contribution in [0.4, 0.5) is 18.9 Å². The predicted octanol–water partition coefficient (Wildman–Crippen LogP) is 4.11. The van der Waals surface area contributed by atoms with Gasteiger partial charge in [-0.25, -0.2) is 14.6 Å². The number of carbonyl (C=O) groups excluding carboxylic acids is 2. The number of aliphatic imine (C=N–C) groups is 1. The third kappa shape index (κ3) is 4.66. The van der Waals surface area contributed by atoms with Gasteiger partial charge in [-0.1, -0.05) is 0 Å². The zero-order chi connectivity index (χ0) is 20.9. The minimum Gasteiger partial charge on any atom is -0.504 e. The van der Waals surface area contributed by atoms with E-state index in [1.807, 2.05) is 0 Å². The van der Waals surface area contributed by atoms with Crippen molar-refractivity contribution in [3.05, 3.63) is 34.5 Å². The molecular weight excluding hydrogens is 401 g/mol. The lowest BCUT2D eigenvalue weighted by molar-refractivity contribution is -0.141. The number of esters is 2. The van der Waals surface area contributed by atoms with Gasteiger partial charge in [-0.15, -0.1) is 11.3 Å². The minimum absolute atomic E-state index is 0.00140. The molecule has 0 saturated heterocycles. The van der Waals surface area contributed by atoms with Crippen molar-refractivity contribution in [2.45, 2.75) is 20.0 Å². The molecule has 0 aromatic carbocycles. The number of alkyl halides is 3. The van der Waals surface area contributed by atoms with Crippen LogP contribution in [-0.4, -0.2) is 47.6 Å². The van der Waals surface area contributed by atoms with E-state index < -0.39 is 29.4 Å². The van der Waals surface area contributed by atoms with Crippen LogP contribution in [0.15, 0.2) is 34.7 Å². The van der Waals surface area contributed by atoms with Crippen LogP contribution in [0.5, 0.6) is 0 Å². The van der Waals surface area contributed by atoms with Crippen LogP contribution in [0.2, 0.25) is 0 Å². The van der Waals surface area contributed by atoms with Gasteiger partial charge in [0.25, 0.3) is 0 Å². The molecule has 0 unspecified atom stereocenters. The molecule has 0 aliphatic carbocycles. The quantitative estimate of drug-likeness (QED) is 0.329. The molecule has 0 amide bonds. The second-order valence-electron chi connectivity index (χ2n) is 5.10.